The number of rotatable bonds is 4. The molecule has 0 N–H and O–H groups in total. The van der Waals surface area contributed by atoms with E-state index in [0.717, 1.165) is 74.1 Å². The molecule has 0 bridgehead atoms. The van der Waals surface area contributed by atoms with Crippen LogP contribution in [0.2, 0.25) is 0 Å². The van der Waals surface area contributed by atoms with Crippen LogP contribution in [0.25, 0.3) is 10.3 Å². The molecule has 30 heavy (non-hydrogen) atoms. The molecule has 3 aromatic rings. The summed E-state index contributed by atoms with van der Waals surface area (Å²) in [6.45, 7) is 6.24. The van der Waals surface area contributed by atoms with Crippen LogP contribution in [0.3, 0.4) is 0 Å². The molecule has 156 valence electrons. The Kier molecular flexibility index (Phi) is 5.64. The number of aromatic nitrogens is 2. The monoisotopic (exact) mass is 421 g/mol. The molecule has 0 spiro atoms. The smallest absolute Gasteiger partial charge is 0.227 e. The van der Waals surface area contributed by atoms with Crippen LogP contribution in [0, 0.1) is 5.92 Å². The number of carbonyl (C=O) groups excluding carboxylic acids is 1. The zero-order valence-electron chi connectivity index (χ0n) is 17.1. The van der Waals surface area contributed by atoms with Crippen molar-refractivity contribution >= 4 is 32.7 Å². The van der Waals surface area contributed by atoms with E-state index in [0.29, 0.717) is 5.91 Å². The van der Waals surface area contributed by atoms with Crippen molar-refractivity contribution in [2.45, 2.75) is 19.4 Å². The van der Waals surface area contributed by atoms with Gasteiger partial charge in [0.05, 0.1) is 5.92 Å². The highest BCUT2D eigenvalue weighted by atomic mass is 32.1. The standard InChI is InChI=1S/C23H27N5OS/c29-22(27-14-12-26(13-15-27)16-18-6-2-1-3-7-18)19-8-5-11-28(17-19)23-25-20-9-4-10-24-21(20)30-23/h1-4,6-7,9-10,19H,5,8,11-17H2/t19-/m1/s1. The number of nitrogens with zero attached hydrogens (tertiary/aromatic N) is 5. The van der Waals surface area contributed by atoms with Crippen LogP contribution in [-0.2, 0) is 11.3 Å². The largest absolute Gasteiger partial charge is 0.347 e. The summed E-state index contributed by atoms with van der Waals surface area (Å²) in [6.07, 6.45) is 3.82. The summed E-state index contributed by atoms with van der Waals surface area (Å²) in [4.78, 5) is 30.1. The Morgan fingerprint density at radius 3 is 2.67 bits per heavy atom. The van der Waals surface area contributed by atoms with Crippen molar-refractivity contribution < 1.29 is 4.79 Å². The summed E-state index contributed by atoms with van der Waals surface area (Å²) < 4.78 is 0. The van der Waals surface area contributed by atoms with E-state index in [9.17, 15) is 4.79 Å². The van der Waals surface area contributed by atoms with Crippen molar-refractivity contribution in [3.63, 3.8) is 0 Å². The summed E-state index contributed by atoms with van der Waals surface area (Å²) >= 11 is 1.63. The van der Waals surface area contributed by atoms with Gasteiger partial charge in [-0.2, -0.15) is 0 Å². The van der Waals surface area contributed by atoms with Gasteiger partial charge in [0.15, 0.2) is 5.13 Å². The van der Waals surface area contributed by atoms with Crippen molar-refractivity contribution in [3.8, 4) is 0 Å². The van der Waals surface area contributed by atoms with E-state index < -0.39 is 0 Å². The van der Waals surface area contributed by atoms with Crippen LogP contribution in [-0.4, -0.2) is 64.9 Å². The highest BCUT2D eigenvalue weighted by Gasteiger charge is 2.32. The normalized spacial score (nSPS) is 20.6. The number of piperidine rings is 1. The Bertz CT molecular complexity index is 966. The summed E-state index contributed by atoms with van der Waals surface area (Å²) in [5.41, 5.74) is 2.28. The molecule has 1 atom stereocenters. The van der Waals surface area contributed by atoms with Gasteiger partial charge in [0.2, 0.25) is 5.91 Å². The SMILES string of the molecule is O=C([C@@H]1CCCN(c2nc3cccnc3s2)C1)N1CCN(Cc2ccccc2)CC1. The predicted octanol–water partition coefficient (Wildman–Crippen LogP) is 3.25. The van der Waals surface area contributed by atoms with Crippen LogP contribution in [0.4, 0.5) is 5.13 Å². The molecule has 0 radical (unpaired) electrons. The van der Waals surface area contributed by atoms with Gasteiger partial charge in [-0.25, -0.2) is 9.97 Å². The fourth-order valence-corrected chi connectivity index (χ4v) is 5.42. The Balaban J connectivity index is 1.18. The molecule has 2 aromatic heterocycles. The van der Waals surface area contributed by atoms with Crippen LogP contribution in [0.15, 0.2) is 48.7 Å². The molecule has 5 rings (SSSR count). The number of hydrogen-bond acceptors (Lipinski definition) is 6. The summed E-state index contributed by atoms with van der Waals surface area (Å²) in [7, 11) is 0. The van der Waals surface area contributed by atoms with Gasteiger partial charge in [0.25, 0.3) is 0 Å². The van der Waals surface area contributed by atoms with E-state index in [4.69, 9.17) is 4.98 Å². The molecule has 2 aliphatic heterocycles. The molecule has 6 nitrogen and oxygen atoms in total. The number of benzene rings is 1. The lowest BCUT2D eigenvalue weighted by Gasteiger charge is -2.39. The molecule has 0 saturated carbocycles. The topological polar surface area (TPSA) is 52.6 Å². The van der Waals surface area contributed by atoms with Gasteiger partial charge >= 0.3 is 0 Å². The van der Waals surface area contributed by atoms with Crippen LogP contribution < -0.4 is 4.90 Å². The minimum Gasteiger partial charge on any atom is -0.347 e. The van der Waals surface area contributed by atoms with Gasteiger partial charge in [-0.3, -0.25) is 9.69 Å². The Hall–Kier alpha value is -2.51. The van der Waals surface area contributed by atoms with Crippen molar-refractivity contribution in [1.29, 1.82) is 0 Å². The quantitative estimate of drug-likeness (QED) is 0.647. The first-order valence-electron chi connectivity index (χ1n) is 10.8. The fourth-order valence-electron chi connectivity index (χ4n) is 4.47. The number of fused-ring (bicyclic) bond motifs is 1. The van der Waals surface area contributed by atoms with E-state index in [-0.39, 0.29) is 5.92 Å². The minimum absolute atomic E-state index is 0.0689. The van der Waals surface area contributed by atoms with E-state index in [2.05, 4.69) is 50.0 Å². The first-order valence-corrected chi connectivity index (χ1v) is 11.6. The Labute approximate surface area is 181 Å². The van der Waals surface area contributed by atoms with Gasteiger partial charge in [-0.05, 0) is 30.5 Å². The maximum atomic E-state index is 13.2. The average molecular weight is 422 g/mol. The van der Waals surface area contributed by atoms with E-state index >= 15 is 0 Å². The molecule has 2 fully saturated rings. The molecule has 0 unspecified atom stereocenters. The summed E-state index contributed by atoms with van der Waals surface area (Å²) in [6, 6.07) is 14.5. The highest BCUT2D eigenvalue weighted by Crippen LogP contribution is 2.31. The van der Waals surface area contributed by atoms with Gasteiger partial charge in [0, 0.05) is 52.0 Å². The number of piperazine rings is 1. The summed E-state index contributed by atoms with van der Waals surface area (Å²) in [5, 5.41) is 0.994. The predicted molar refractivity (Wildman–Crippen MR) is 121 cm³/mol. The molecule has 1 aromatic carbocycles. The van der Waals surface area contributed by atoms with Crippen molar-refractivity contribution in [3.05, 3.63) is 54.2 Å². The molecular formula is C23H27N5OS. The van der Waals surface area contributed by atoms with E-state index in [1.807, 2.05) is 18.3 Å². The third-order valence-electron chi connectivity index (χ3n) is 6.13. The fraction of sp³-hybridized carbons (Fsp3) is 0.435. The lowest BCUT2D eigenvalue weighted by atomic mass is 9.96. The number of hydrogen-bond donors (Lipinski definition) is 0. The van der Waals surface area contributed by atoms with Crippen LogP contribution in [0.1, 0.15) is 18.4 Å². The third kappa shape index (κ3) is 4.18. The minimum atomic E-state index is 0.0689. The first kappa shape index (κ1) is 19.5. The second kappa shape index (κ2) is 8.70. The number of thiazole rings is 1. The van der Waals surface area contributed by atoms with Crippen molar-refractivity contribution in [1.82, 2.24) is 19.8 Å². The number of anilines is 1. The van der Waals surface area contributed by atoms with Crippen LogP contribution >= 0.6 is 11.3 Å². The maximum Gasteiger partial charge on any atom is 0.227 e. The molecule has 7 heteroatoms. The average Bonchev–Trinajstić information content (AvgIpc) is 3.24. The Morgan fingerprint density at radius 1 is 1.03 bits per heavy atom. The maximum absolute atomic E-state index is 13.2. The van der Waals surface area contributed by atoms with Gasteiger partial charge in [0.1, 0.15) is 10.3 Å². The molecular weight excluding hydrogens is 394 g/mol. The first-order chi connectivity index (χ1) is 14.8. The van der Waals surface area contributed by atoms with Crippen molar-refractivity contribution in [2.75, 3.05) is 44.2 Å². The lowest BCUT2D eigenvalue weighted by molar-refractivity contribution is -0.137. The molecule has 1 amide bonds. The molecule has 4 heterocycles. The number of amides is 1. The Morgan fingerprint density at radius 2 is 1.87 bits per heavy atom. The van der Waals surface area contributed by atoms with Gasteiger partial charge in [-0.1, -0.05) is 41.7 Å². The summed E-state index contributed by atoms with van der Waals surface area (Å²) in [5.74, 6) is 0.387. The van der Waals surface area contributed by atoms with E-state index in [1.54, 1.807) is 11.3 Å². The lowest BCUT2D eigenvalue weighted by Crippen LogP contribution is -2.52. The van der Waals surface area contributed by atoms with E-state index in [1.165, 1.54) is 5.56 Å². The molecule has 0 aliphatic carbocycles. The third-order valence-corrected chi connectivity index (χ3v) is 7.17. The number of pyridine rings is 1. The number of carbonyl (C=O) groups is 1. The van der Waals surface area contributed by atoms with Crippen molar-refractivity contribution in [2.24, 2.45) is 5.92 Å². The van der Waals surface area contributed by atoms with Gasteiger partial charge < -0.3 is 9.80 Å². The molecule has 2 saturated heterocycles. The zero-order chi connectivity index (χ0) is 20.3. The second-order valence-corrected chi connectivity index (χ2v) is 9.15. The second-order valence-electron chi connectivity index (χ2n) is 8.20. The van der Waals surface area contributed by atoms with Crippen LogP contribution in [0.5, 0.6) is 0 Å². The zero-order valence-corrected chi connectivity index (χ0v) is 17.9. The molecule has 2 aliphatic rings. The highest BCUT2D eigenvalue weighted by molar-refractivity contribution is 7.21. The van der Waals surface area contributed by atoms with Gasteiger partial charge in [-0.15, -0.1) is 0 Å².